The molecule has 2 atom stereocenters. The number of anilines is 1. The molecule has 1 aromatic rings. The number of nitrogens with two attached hydrogens (primary N) is 2. The lowest BCUT2D eigenvalue weighted by atomic mass is 10.0. The second-order valence-electron chi connectivity index (χ2n) is 5.20. The van der Waals surface area contributed by atoms with Gasteiger partial charge in [-0.3, -0.25) is 4.79 Å². The standard InChI is InChI=1S/C14H19FN2O3/c1-7-3-9(4-8(2)19-7)20-13-5-10(14(17)18)12(16)6-11(13)15/h5-9H,3-4,16H2,1-2H3,(H2,17,18). The van der Waals surface area contributed by atoms with E-state index in [0.717, 1.165) is 6.07 Å². The Labute approximate surface area is 117 Å². The van der Waals surface area contributed by atoms with Crippen LogP contribution in [0.3, 0.4) is 0 Å². The van der Waals surface area contributed by atoms with Crippen molar-refractivity contribution in [1.29, 1.82) is 0 Å². The summed E-state index contributed by atoms with van der Waals surface area (Å²) in [5.74, 6) is -1.31. The van der Waals surface area contributed by atoms with E-state index in [1.165, 1.54) is 6.07 Å². The number of nitrogen functional groups attached to an aromatic ring is 1. The molecule has 6 heteroatoms. The summed E-state index contributed by atoms with van der Waals surface area (Å²) in [6, 6.07) is 2.32. The number of hydrogen-bond acceptors (Lipinski definition) is 4. The second kappa shape index (κ2) is 5.66. The lowest BCUT2D eigenvalue weighted by Crippen LogP contribution is -2.36. The van der Waals surface area contributed by atoms with E-state index in [-0.39, 0.29) is 35.3 Å². The van der Waals surface area contributed by atoms with Gasteiger partial charge in [0.2, 0.25) is 0 Å². The number of hydrogen-bond donors (Lipinski definition) is 2. The van der Waals surface area contributed by atoms with E-state index in [0.29, 0.717) is 12.8 Å². The average molecular weight is 282 g/mol. The molecule has 0 aliphatic carbocycles. The molecule has 1 fully saturated rings. The van der Waals surface area contributed by atoms with Crippen LogP contribution >= 0.6 is 0 Å². The molecule has 2 rings (SSSR count). The van der Waals surface area contributed by atoms with Gasteiger partial charge in [-0.25, -0.2) is 4.39 Å². The normalized spacial score (nSPS) is 26.2. The maximum atomic E-state index is 13.9. The monoisotopic (exact) mass is 282 g/mol. The molecule has 1 aliphatic rings. The van der Waals surface area contributed by atoms with Crippen molar-refractivity contribution in [3.8, 4) is 5.75 Å². The predicted molar refractivity (Wildman–Crippen MR) is 73.0 cm³/mol. The third-order valence-electron chi connectivity index (χ3n) is 3.32. The van der Waals surface area contributed by atoms with Crippen LogP contribution in [0.5, 0.6) is 5.75 Å². The Morgan fingerprint density at radius 2 is 1.95 bits per heavy atom. The molecule has 1 heterocycles. The van der Waals surface area contributed by atoms with Crippen LogP contribution in [0.25, 0.3) is 0 Å². The van der Waals surface area contributed by atoms with Gasteiger partial charge in [0.25, 0.3) is 5.91 Å². The number of amides is 1. The van der Waals surface area contributed by atoms with Crippen molar-refractivity contribution in [3.63, 3.8) is 0 Å². The number of primary amides is 1. The van der Waals surface area contributed by atoms with Crippen molar-refractivity contribution >= 4 is 11.6 Å². The van der Waals surface area contributed by atoms with Crippen LogP contribution in [0.15, 0.2) is 12.1 Å². The summed E-state index contributed by atoms with van der Waals surface area (Å²) >= 11 is 0. The fourth-order valence-corrected chi connectivity index (χ4v) is 2.49. The van der Waals surface area contributed by atoms with Crippen molar-refractivity contribution in [2.75, 3.05) is 5.73 Å². The van der Waals surface area contributed by atoms with Gasteiger partial charge in [-0.1, -0.05) is 0 Å². The number of carbonyl (C=O) groups is 1. The van der Waals surface area contributed by atoms with Gasteiger partial charge in [0.15, 0.2) is 11.6 Å². The maximum Gasteiger partial charge on any atom is 0.250 e. The second-order valence-corrected chi connectivity index (χ2v) is 5.20. The highest BCUT2D eigenvalue weighted by Crippen LogP contribution is 2.28. The van der Waals surface area contributed by atoms with Gasteiger partial charge < -0.3 is 20.9 Å². The molecule has 1 amide bonds. The van der Waals surface area contributed by atoms with Crippen LogP contribution in [0.2, 0.25) is 0 Å². The number of benzene rings is 1. The first-order chi connectivity index (χ1) is 9.36. The zero-order valence-corrected chi connectivity index (χ0v) is 11.6. The molecular weight excluding hydrogens is 263 g/mol. The van der Waals surface area contributed by atoms with E-state index in [1.54, 1.807) is 0 Å². The minimum atomic E-state index is -0.707. The molecule has 0 saturated carbocycles. The zero-order valence-electron chi connectivity index (χ0n) is 11.6. The first-order valence-electron chi connectivity index (χ1n) is 6.57. The maximum absolute atomic E-state index is 13.9. The van der Waals surface area contributed by atoms with Crippen molar-refractivity contribution in [2.45, 2.75) is 45.0 Å². The molecule has 1 aromatic carbocycles. The van der Waals surface area contributed by atoms with Gasteiger partial charge in [-0.05, 0) is 19.9 Å². The fourth-order valence-electron chi connectivity index (χ4n) is 2.49. The van der Waals surface area contributed by atoms with Gasteiger partial charge in [0.1, 0.15) is 6.10 Å². The van der Waals surface area contributed by atoms with E-state index in [4.69, 9.17) is 20.9 Å². The molecule has 1 saturated heterocycles. The number of carbonyl (C=O) groups excluding carboxylic acids is 1. The van der Waals surface area contributed by atoms with Crippen LogP contribution in [-0.2, 0) is 4.74 Å². The van der Waals surface area contributed by atoms with Crippen LogP contribution in [0, 0.1) is 5.82 Å². The summed E-state index contributed by atoms with van der Waals surface area (Å²) in [6.07, 6.45) is 1.28. The van der Waals surface area contributed by atoms with Crippen LogP contribution in [0.4, 0.5) is 10.1 Å². The Balaban J connectivity index is 2.20. The van der Waals surface area contributed by atoms with E-state index in [1.807, 2.05) is 13.8 Å². The van der Waals surface area contributed by atoms with Gasteiger partial charge in [0.05, 0.1) is 17.8 Å². The Morgan fingerprint density at radius 1 is 1.35 bits per heavy atom. The molecule has 20 heavy (non-hydrogen) atoms. The van der Waals surface area contributed by atoms with Crippen LogP contribution in [-0.4, -0.2) is 24.2 Å². The van der Waals surface area contributed by atoms with Crippen molar-refractivity contribution < 1.29 is 18.7 Å². The fraction of sp³-hybridized carbons (Fsp3) is 0.500. The molecule has 4 N–H and O–H groups in total. The molecule has 0 aromatic heterocycles. The largest absolute Gasteiger partial charge is 0.487 e. The summed E-state index contributed by atoms with van der Waals surface area (Å²) in [5.41, 5.74) is 10.8. The van der Waals surface area contributed by atoms with Crippen molar-refractivity contribution in [1.82, 2.24) is 0 Å². The summed E-state index contributed by atoms with van der Waals surface area (Å²) in [7, 11) is 0. The number of rotatable bonds is 3. The third-order valence-corrected chi connectivity index (χ3v) is 3.32. The van der Waals surface area contributed by atoms with Gasteiger partial charge in [-0.15, -0.1) is 0 Å². The quantitative estimate of drug-likeness (QED) is 0.828. The highest BCUT2D eigenvalue weighted by Gasteiger charge is 2.27. The van der Waals surface area contributed by atoms with E-state index in [2.05, 4.69) is 0 Å². The first-order valence-corrected chi connectivity index (χ1v) is 6.57. The van der Waals surface area contributed by atoms with E-state index in [9.17, 15) is 9.18 Å². The summed E-state index contributed by atoms with van der Waals surface area (Å²) in [6.45, 7) is 3.89. The van der Waals surface area contributed by atoms with Crippen molar-refractivity contribution in [3.05, 3.63) is 23.5 Å². The lowest BCUT2D eigenvalue weighted by molar-refractivity contribution is -0.0727. The van der Waals surface area contributed by atoms with Crippen molar-refractivity contribution in [2.24, 2.45) is 5.73 Å². The molecule has 1 aliphatic heterocycles. The Bertz CT molecular complexity index is 511. The molecular formula is C14H19FN2O3. The molecule has 110 valence electrons. The number of ether oxygens (including phenoxy) is 2. The zero-order chi connectivity index (χ0) is 14.9. The third kappa shape index (κ3) is 3.19. The highest BCUT2D eigenvalue weighted by molar-refractivity contribution is 5.98. The summed E-state index contributed by atoms with van der Waals surface area (Å²) < 4.78 is 25.1. The van der Waals surface area contributed by atoms with Crippen LogP contribution < -0.4 is 16.2 Å². The summed E-state index contributed by atoms with van der Waals surface area (Å²) in [5, 5.41) is 0. The average Bonchev–Trinajstić information content (AvgIpc) is 2.30. The SMILES string of the molecule is CC1CC(Oc2cc(C(N)=O)c(N)cc2F)CC(C)O1. The van der Waals surface area contributed by atoms with Gasteiger partial charge in [-0.2, -0.15) is 0 Å². The topological polar surface area (TPSA) is 87.6 Å². The Morgan fingerprint density at radius 3 is 2.50 bits per heavy atom. The molecule has 0 spiro atoms. The predicted octanol–water partition coefficient (Wildman–Crippen LogP) is 1.84. The Kier molecular flexibility index (Phi) is 4.13. The van der Waals surface area contributed by atoms with Gasteiger partial charge >= 0.3 is 0 Å². The molecule has 0 bridgehead atoms. The highest BCUT2D eigenvalue weighted by atomic mass is 19.1. The van der Waals surface area contributed by atoms with E-state index < -0.39 is 11.7 Å². The minimum Gasteiger partial charge on any atom is -0.487 e. The van der Waals surface area contributed by atoms with Crippen LogP contribution in [0.1, 0.15) is 37.0 Å². The minimum absolute atomic E-state index is 0.000648. The van der Waals surface area contributed by atoms with Gasteiger partial charge in [0, 0.05) is 24.6 Å². The smallest absolute Gasteiger partial charge is 0.250 e. The first kappa shape index (κ1) is 14.6. The molecule has 2 unspecified atom stereocenters. The molecule has 0 radical (unpaired) electrons. The van der Waals surface area contributed by atoms with E-state index >= 15 is 0 Å². The molecule has 5 nitrogen and oxygen atoms in total. The lowest BCUT2D eigenvalue weighted by Gasteiger charge is -2.32. The number of halogens is 1. The Hall–Kier alpha value is -1.82. The summed E-state index contributed by atoms with van der Waals surface area (Å²) in [4.78, 5) is 11.2.